The maximum absolute atomic E-state index is 12.3. The minimum absolute atomic E-state index is 0.104. The van der Waals surface area contributed by atoms with Gasteiger partial charge in [0.05, 0.1) is 11.3 Å². The highest BCUT2D eigenvalue weighted by molar-refractivity contribution is 6.04. The number of carbonyl (C=O) groups excluding carboxylic acids is 3. The van der Waals surface area contributed by atoms with E-state index in [0.717, 1.165) is 5.56 Å². The maximum Gasteiger partial charge on any atom is 0.338 e. The first-order chi connectivity index (χ1) is 11.7. The van der Waals surface area contributed by atoms with Gasteiger partial charge in [-0.15, -0.1) is 0 Å². The smallest absolute Gasteiger partial charge is 0.338 e. The van der Waals surface area contributed by atoms with Crippen LogP contribution in [0.25, 0.3) is 0 Å². The van der Waals surface area contributed by atoms with Crippen LogP contribution in [0.3, 0.4) is 0 Å². The van der Waals surface area contributed by atoms with Crippen LogP contribution in [0.1, 0.15) is 74.7 Å². The lowest BCUT2D eigenvalue weighted by molar-refractivity contribution is 0.0473. The Morgan fingerprint density at radius 3 is 2.16 bits per heavy atom. The highest BCUT2D eigenvalue weighted by atomic mass is 16.5. The number of nitrogens with one attached hydrogen (secondary N) is 1. The van der Waals surface area contributed by atoms with E-state index >= 15 is 0 Å². The van der Waals surface area contributed by atoms with Gasteiger partial charge in [-0.2, -0.15) is 0 Å². The van der Waals surface area contributed by atoms with Crippen molar-refractivity contribution in [3.05, 3.63) is 57.9 Å². The van der Waals surface area contributed by atoms with E-state index in [-0.39, 0.29) is 18.2 Å². The molecular weight excluding hydrogens is 318 g/mol. The van der Waals surface area contributed by atoms with Gasteiger partial charge in [-0.25, -0.2) is 4.79 Å². The Hall–Kier alpha value is -2.69. The number of H-pyrrole nitrogens is 1. The number of ketones is 2. The molecule has 0 aliphatic rings. The molecule has 0 aliphatic carbocycles. The third-order valence-corrected chi connectivity index (χ3v) is 4.22. The van der Waals surface area contributed by atoms with Gasteiger partial charge < -0.3 is 9.72 Å². The third-order valence-electron chi connectivity index (χ3n) is 4.22. The first-order valence-electron chi connectivity index (χ1n) is 8.22. The van der Waals surface area contributed by atoms with Crippen LogP contribution in [0.15, 0.2) is 24.3 Å². The highest BCUT2D eigenvalue weighted by Crippen LogP contribution is 2.19. The molecule has 1 heterocycles. The Bertz CT molecular complexity index is 813. The average molecular weight is 341 g/mol. The summed E-state index contributed by atoms with van der Waals surface area (Å²) in [5.74, 6) is -0.634. The summed E-state index contributed by atoms with van der Waals surface area (Å²) in [5.41, 5.74) is 3.59. The molecule has 0 atom stereocenters. The van der Waals surface area contributed by atoms with Crippen molar-refractivity contribution < 1.29 is 19.1 Å². The van der Waals surface area contributed by atoms with Gasteiger partial charge in [0.1, 0.15) is 0 Å². The Morgan fingerprint density at radius 1 is 1.08 bits per heavy atom. The van der Waals surface area contributed by atoms with Crippen molar-refractivity contribution in [2.75, 3.05) is 6.61 Å². The summed E-state index contributed by atoms with van der Waals surface area (Å²) in [5, 5.41) is 0. The third kappa shape index (κ3) is 4.05. The van der Waals surface area contributed by atoms with E-state index < -0.39 is 5.97 Å². The second-order valence-electron chi connectivity index (χ2n) is 6.46. The van der Waals surface area contributed by atoms with Crippen molar-refractivity contribution in [2.45, 2.75) is 40.5 Å². The predicted molar refractivity (Wildman–Crippen MR) is 95.4 cm³/mol. The number of aromatic amines is 1. The molecule has 2 rings (SSSR count). The Morgan fingerprint density at radius 2 is 1.68 bits per heavy atom. The number of hydrogen-bond donors (Lipinski definition) is 1. The monoisotopic (exact) mass is 341 g/mol. The molecule has 0 bridgehead atoms. The lowest BCUT2D eigenvalue weighted by Gasteiger charge is -2.07. The quantitative estimate of drug-likeness (QED) is 0.636. The van der Waals surface area contributed by atoms with Crippen LogP contribution in [0.4, 0.5) is 0 Å². The van der Waals surface area contributed by atoms with Gasteiger partial charge in [0, 0.05) is 11.3 Å². The zero-order chi connectivity index (χ0) is 18.7. The second-order valence-corrected chi connectivity index (χ2v) is 6.46. The zero-order valence-electron chi connectivity index (χ0n) is 15.2. The number of hydrogen-bond acceptors (Lipinski definition) is 4. The van der Waals surface area contributed by atoms with Crippen LogP contribution in [0.2, 0.25) is 0 Å². The van der Waals surface area contributed by atoms with Crippen molar-refractivity contribution in [1.82, 2.24) is 4.98 Å². The Balaban J connectivity index is 2.06. The lowest BCUT2D eigenvalue weighted by Crippen LogP contribution is -2.15. The predicted octanol–water partition coefficient (Wildman–Crippen LogP) is 4.00. The molecular formula is C20H23NO4. The first kappa shape index (κ1) is 18.6. The molecule has 2 aromatic rings. The zero-order valence-corrected chi connectivity index (χ0v) is 15.2. The van der Waals surface area contributed by atoms with Gasteiger partial charge in [-0.3, -0.25) is 9.59 Å². The molecule has 0 unspecified atom stereocenters. The SMILES string of the molecule is CC(=O)c1c(C)[nH]c(C(=O)COC(=O)c2ccc(C(C)C)cc2)c1C. The molecule has 5 heteroatoms. The largest absolute Gasteiger partial charge is 0.454 e. The molecule has 5 nitrogen and oxygen atoms in total. The number of rotatable bonds is 6. The van der Waals surface area contributed by atoms with Crippen LogP contribution in [0.5, 0.6) is 0 Å². The van der Waals surface area contributed by atoms with E-state index in [1.54, 1.807) is 26.0 Å². The van der Waals surface area contributed by atoms with Gasteiger partial charge in [0.2, 0.25) is 5.78 Å². The molecule has 0 radical (unpaired) electrons. The summed E-state index contributed by atoms with van der Waals surface area (Å²) in [6, 6.07) is 7.14. The van der Waals surface area contributed by atoms with Crippen molar-refractivity contribution in [1.29, 1.82) is 0 Å². The van der Waals surface area contributed by atoms with Crippen molar-refractivity contribution in [2.24, 2.45) is 0 Å². The molecule has 132 valence electrons. The number of ether oxygens (including phenoxy) is 1. The van der Waals surface area contributed by atoms with Gasteiger partial charge in [-0.05, 0) is 49.9 Å². The van der Waals surface area contributed by atoms with E-state index in [1.165, 1.54) is 6.92 Å². The molecule has 1 aromatic carbocycles. The molecule has 1 N–H and O–H groups in total. The Labute approximate surface area is 147 Å². The van der Waals surface area contributed by atoms with Crippen molar-refractivity contribution in [3.8, 4) is 0 Å². The summed E-state index contributed by atoms with van der Waals surface area (Å²) >= 11 is 0. The Kier molecular flexibility index (Phi) is 5.57. The molecule has 0 fully saturated rings. The van der Waals surface area contributed by atoms with E-state index in [1.807, 2.05) is 12.1 Å². The van der Waals surface area contributed by atoms with Gasteiger partial charge in [-0.1, -0.05) is 26.0 Å². The number of carbonyl (C=O) groups is 3. The molecule has 1 aromatic heterocycles. The molecule has 0 amide bonds. The second kappa shape index (κ2) is 7.47. The molecule has 25 heavy (non-hydrogen) atoms. The minimum atomic E-state index is -0.545. The highest BCUT2D eigenvalue weighted by Gasteiger charge is 2.21. The first-order valence-corrected chi connectivity index (χ1v) is 8.22. The summed E-state index contributed by atoms with van der Waals surface area (Å²) in [4.78, 5) is 38.9. The van der Waals surface area contributed by atoms with E-state index in [0.29, 0.717) is 34.0 Å². The normalized spacial score (nSPS) is 10.8. The van der Waals surface area contributed by atoms with Crippen LogP contribution in [0, 0.1) is 13.8 Å². The molecule has 0 aliphatic heterocycles. The van der Waals surface area contributed by atoms with E-state index in [4.69, 9.17) is 4.74 Å². The van der Waals surface area contributed by atoms with Crippen LogP contribution >= 0.6 is 0 Å². The van der Waals surface area contributed by atoms with Crippen LogP contribution in [-0.2, 0) is 4.74 Å². The minimum Gasteiger partial charge on any atom is -0.454 e. The summed E-state index contributed by atoms with van der Waals surface area (Å²) in [6.07, 6.45) is 0. The molecule has 0 spiro atoms. The topological polar surface area (TPSA) is 76.2 Å². The van der Waals surface area contributed by atoms with Crippen LogP contribution in [-0.4, -0.2) is 29.1 Å². The van der Waals surface area contributed by atoms with Gasteiger partial charge in [0.25, 0.3) is 0 Å². The maximum atomic E-state index is 12.3. The fraction of sp³-hybridized carbons (Fsp3) is 0.350. The number of aryl methyl sites for hydroxylation is 1. The summed E-state index contributed by atoms with van der Waals surface area (Å²) < 4.78 is 5.12. The fourth-order valence-electron chi connectivity index (χ4n) is 2.85. The fourth-order valence-corrected chi connectivity index (χ4v) is 2.85. The number of benzene rings is 1. The van der Waals surface area contributed by atoms with Crippen LogP contribution < -0.4 is 0 Å². The summed E-state index contributed by atoms with van der Waals surface area (Å²) in [7, 11) is 0. The van der Waals surface area contributed by atoms with E-state index in [9.17, 15) is 14.4 Å². The molecule has 0 saturated carbocycles. The van der Waals surface area contributed by atoms with E-state index in [2.05, 4.69) is 18.8 Å². The number of aromatic nitrogens is 1. The van der Waals surface area contributed by atoms with Gasteiger partial charge >= 0.3 is 5.97 Å². The number of Topliss-reactive ketones (excluding diaryl/α,β-unsaturated/α-hetero) is 2. The average Bonchev–Trinajstić information content (AvgIpc) is 2.87. The standard InChI is InChI=1S/C20H23NO4/c1-11(2)15-6-8-16(9-7-15)20(24)25-10-17(23)19-12(3)18(14(5)22)13(4)21-19/h6-9,11,21H,10H2,1-5H3. The summed E-state index contributed by atoms with van der Waals surface area (Å²) in [6.45, 7) is 8.67. The van der Waals surface area contributed by atoms with Gasteiger partial charge in [0.15, 0.2) is 12.4 Å². The lowest BCUT2D eigenvalue weighted by atomic mass is 10.0. The van der Waals surface area contributed by atoms with Crippen molar-refractivity contribution >= 4 is 17.5 Å². The molecule has 0 saturated heterocycles. The van der Waals surface area contributed by atoms with Crippen molar-refractivity contribution in [3.63, 3.8) is 0 Å². The number of esters is 1.